The average molecular weight is 282 g/mol. The van der Waals surface area contributed by atoms with Gasteiger partial charge in [0, 0.05) is 11.3 Å². The van der Waals surface area contributed by atoms with E-state index in [0.717, 1.165) is 21.8 Å². The van der Waals surface area contributed by atoms with Crippen molar-refractivity contribution in [3.63, 3.8) is 0 Å². The number of fused-ring (bicyclic) bond motifs is 1. The second kappa shape index (κ2) is 4.60. The first-order chi connectivity index (χ1) is 9.43. The zero-order valence-electron chi connectivity index (χ0n) is 12.0. The molecule has 0 radical (unpaired) electrons. The molecule has 0 unspecified atom stereocenters. The Hall–Kier alpha value is -1.87. The standard InChI is InChI=1S/C17H18N2S/c1-17(2,3)12-7-8-14-15(10-12)20-16(19-14)11-5-4-6-13(18)9-11/h4-10H,18H2,1-3H3. The molecule has 2 nitrogen and oxygen atoms in total. The van der Waals surface area contributed by atoms with Crippen molar-refractivity contribution in [2.24, 2.45) is 0 Å². The molecular weight excluding hydrogens is 264 g/mol. The summed E-state index contributed by atoms with van der Waals surface area (Å²) in [6, 6.07) is 14.4. The summed E-state index contributed by atoms with van der Waals surface area (Å²) >= 11 is 1.72. The van der Waals surface area contributed by atoms with E-state index in [2.05, 4.69) is 45.0 Å². The van der Waals surface area contributed by atoms with E-state index < -0.39 is 0 Å². The molecule has 1 aromatic heterocycles. The van der Waals surface area contributed by atoms with Crippen LogP contribution in [0.2, 0.25) is 0 Å². The van der Waals surface area contributed by atoms with Crippen molar-refractivity contribution in [3.05, 3.63) is 48.0 Å². The summed E-state index contributed by atoms with van der Waals surface area (Å²) in [7, 11) is 0. The molecule has 0 bridgehead atoms. The third-order valence-corrected chi connectivity index (χ3v) is 4.46. The monoisotopic (exact) mass is 282 g/mol. The highest BCUT2D eigenvalue weighted by Crippen LogP contribution is 2.33. The fourth-order valence-electron chi connectivity index (χ4n) is 2.19. The molecule has 102 valence electrons. The van der Waals surface area contributed by atoms with Crippen LogP contribution in [0, 0.1) is 0 Å². The van der Waals surface area contributed by atoms with Gasteiger partial charge in [0.15, 0.2) is 0 Å². The van der Waals surface area contributed by atoms with E-state index in [4.69, 9.17) is 10.7 Å². The van der Waals surface area contributed by atoms with E-state index in [9.17, 15) is 0 Å². The molecular formula is C17H18N2S. The number of nitrogens with two attached hydrogens (primary N) is 1. The Labute approximate surface area is 123 Å². The van der Waals surface area contributed by atoms with Crippen molar-refractivity contribution in [2.45, 2.75) is 26.2 Å². The predicted octanol–water partition coefficient (Wildman–Crippen LogP) is 4.84. The van der Waals surface area contributed by atoms with Gasteiger partial charge in [0.25, 0.3) is 0 Å². The zero-order valence-corrected chi connectivity index (χ0v) is 12.8. The largest absolute Gasteiger partial charge is 0.399 e. The van der Waals surface area contributed by atoms with Gasteiger partial charge < -0.3 is 5.73 Å². The van der Waals surface area contributed by atoms with Crippen LogP contribution in [-0.2, 0) is 5.41 Å². The Morgan fingerprint density at radius 1 is 1.05 bits per heavy atom. The van der Waals surface area contributed by atoms with Gasteiger partial charge in [-0.15, -0.1) is 11.3 Å². The molecule has 20 heavy (non-hydrogen) atoms. The van der Waals surface area contributed by atoms with Crippen LogP contribution in [0.15, 0.2) is 42.5 Å². The molecule has 0 saturated heterocycles. The molecule has 0 fully saturated rings. The Morgan fingerprint density at radius 2 is 1.85 bits per heavy atom. The highest BCUT2D eigenvalue weighted by Gasteiger charge is 2.15. The number of hydrogen-bond donors (Lipinski definition) is 1. The number of rotatable bonds is 1. The normalized spacial score (nSPS) is 11.9. The van der Waals surface area contributed by atoms with Gasteiger partial charge in [-0.2, -0.15) is 0 Å². The van der Waals surface area contributed by atoms with E-state index in [0.29, 0.717) is 0 Å². The summed E-state index contributed by atoms with van der Waals surface area (Å²) in [5.41, 5.74) is 10.3. The molecule has 0 atom stereocenters. The molecule has 3 heteroatoms. The molecule has 0 saturated carbocycles. The van der Waals surface area contributed by atoms with E-state index in [1.165, 1.54) is 10.3 Å². The second-order valence-electron chi connectivity index (χ2n) is 6.08. The third-order valence-electron chi connectivity index (χ3n) is 3.39. The zero-order chi connectivity index (χ0) is 14.3. The summed E-state index contributed by atoms with van der Waals surface area (Å²) in [6.45, 7) is 6.69. The van der Waals surface area contributed by atoms with Crippen LogP contribution in [0.5, 0.6) is 0 Å². The number of thiazole rings is 1. The number of benzene rings is 2. The molecule has 1 heterocycles. The molecule has 3 rings (SSSR count). The number of anilines is 1. The van der Waals surface area contributed by atoms with Crippen LogP contribution < -0.4 is 5.73 Å². The molecule has 0 aliphatic rings. The van der Waals surface area contributed by atoms with E-state index in [-0.39, 0.29) is 5.41 Å². The van der Waals surface area contributed by atoms with Gasteiger partial charge in [0.2, 0.25) is 0 Å². The quantitative estimate of drug-likeness (QED) is 0.648. The summed E-state index contributed by atoms with van der Waals surface area (Å²) in [5.74, 6) is 0. The number of hydrogen-bond acceptors (Lipinski definition) is 3. The summed E-state index contributed by atoms with van der Waals surface area (Å²) < 4.78 is 1.23. The van der Waals surface area contributed by atoms with E-state index in [1.54, 1.807) is 11.3 Å². The van der Waals surface area contributed by atoms with Crippen molar-refractivity contribution in [3.8, 4) is 10.6 Å². The predicted molar refractivity (Wildman–Crippen MR) is 88.2 cm³/mol. The highest BCUT2D eigenvalue weighted by atomic mass is 32.1. The van der Waals surface area contributed by atoms with Crippen LogP contribution in [-0.4, -0.2) is 4.98 Å². The molecule has 0 spiro atoms. The smallest absolute Gasteiger partial charge is 0.124 e. The maximum atomic E-state index is 5.85. The number of aromatic nitrogens is 1. The Kier molecular flexibility index (Phi) is 3.02. The summed E-state index contributed by atoms with van der Waals surface area (Å²) in [6.07, 6.45) is 0. The maximum Gasteiger partial charge on any atom is 0.124 e. The number of nitrogen functional groups attached to an aromatic ring is 1. The molecule has 2 N–H and O–H groups in total. The molecule has 0 aliphatic heterocycles. The van der Waals surface area contributed by atoms with Crippen LogP contribution in [0.4, 0.5) is 5.69 Å². The first-order valence-electron chi connectivity index (χ1n) is 6.70. The van der Waals surface area contributed by atoms with Crippen LogP contribution in [0.3, 0.4) is 0 Å². The van der Waals surface area contributed by atoms with Gasteiger partial charge in [-0.3, -0.25) is 0 Å². The van der Waals surface area contributed by atoms with Crippen molar-refractivity contribution in [2.75, 3.05) is 5.73 Å². The van der Waals surface area contributed by atoms with Crippen molar-refractivity contribution in [1.29, 1.82) is 0 Å². The van der Waals surface area contributed by atoms with Crippen LogP contribution >= 0.6 is 11.3 Å². The lowest BCUT2D eigenvalue weighted by molar-refractivity contribution is 0.591. The fourth-order valence-corrected chi connectivity index (χ4v) is 3.19. The van der Waals surface area contributed by atoms with Crippen molar-refractivity contribution >= 4 is 27.2 Å². The van der Waals surface area contributed by atoms with Gasteiger partial charge in [-0.25, -0.2) is 4.98 Å². The lowest BCUT2D eigenvalue weighted by atomic mass is 9.87. The summed E-state index contributed by atoms with van der Waals surface area (Å²) in [5, 5.41) is 1.03. The lowest BCUT2D eigenvalue weighted by Crippen LogP contribution is -2.10. The molecule has 0 aliphatic carbocycles. The Morgan fingerprint density at radius 3 is 2.55 bits per heavy atom. The Balaban J connectivity index is 2.11. The van der Waals surface area contributed by atoms with Crippen molar-refractivity contribution < 1.29 is 0 Å². The lowest BCUT2D eigenvalue weighted by Gasteiger charge is -2.18. The van der Waals surface area contributed by atoms with E-state index in [1.807, 2.05) is 18.2 Å². The highest BCUT2D eigenvalue weighted by molar-refractivity contribution is 7.21. The molecule has 0 amide bonds. The average Bonchev–Trinajstić information content (AvgIpc) is 2.80. The minimum Gasteiger partial charge on any atom is -0.399 e. The van der Waals surface area contributed by atoms with Crippen LogP contribution in [0.25, 0.3) is 20.8 Å². The first-order valence-corrected chi connectivity index (χ1v) is 7.52. The maximum absolute atomic E-state index is 5.85. The van der Waals surface area contributed by atoms with Gasteiger partial charge in [0.05, 0.1) is 10.2 Å². The summed E-state index contributed by atoms with van der Waals surface area (Å²) in [4.78, 5) is 4.71. The second-order valence-corrected chi connectivity index (χ2v) is 7.11. The SMILES string of the molecule is CC(C)(C)c1ccc2nc(-c3cccc(N)c3)sc2c1. The minimum absolute atomic E-state index is 0.162. The van der Waals surface area contributed by atoms with Gasteiger partial charge >= 0.3 is 0 Å². The van der Waals surface area contributed by atoms with Crippen LogP contribution in [0.1, 0.15) is 26.3 Å². The van der Waals surface area contributed by atoms with Gasteiger partial charge in [-0.1, -0.05) is 39.0 Å². The van der Waals surface area contributed by atoms with Gasteiger partial charge in [0.1, 0.15) is 5.01 Å². The minimum atomic E-state index is 0.162. The van der Waals surface area contributed by atoms with Crippen molar-refractivity contribution in [1.82, 2.24) is 4.98 Å². The molecule has 2 aromatic carbocycles. The van der Waals surface area contributed by atoms with E-state index >= 15 is 0 Å². The Bertz CT molecular complexity index is 766. The first kappa shape index (κ1) is 13.1. The fraction of sp³-hybridized carbons (Fsp3) is 0.235. The van der Waals surface area contributed by atoms with Gasteiger partial charge in [-0.05, 0) is 35.2 Å². The number of nitrogens with zero attached hydrogens (tertiary/aromatic N) is 1. The molecule has 3 aromatic rings. The third kappa shape index (κ3) is 2.41. The topological polar surface area (TPSA) is 38.9 Å².